The minimum absolute atomic E-state index is 0.643. The summed E-state index contributed by atoms with van der Waals surface area (Å²) in [6.07, 6.45) is 5.16. The maximum absolute atomic E-state index is 4.45. The van der Waals surface area contributed by atoms with Crippen LogP contribution in [0, 0.1) is 0 Å². The summed E-state index contributed by atoms with van der Waals surface area (Å²) in [4.78, 5) is 12.5. The molecule has 0 saturated heterocycles. The highest BCUT2D eigenvalue weighted by Gasteiger charge is 2.07. The lowest BCUT2D eigenvalue weighted by atomic mass is 10.2. The van der Waals surface area contributed by atoms with E-state index in [0.29, 0.717) is 5.82 Å². The summed E-state index contributed by atoms with van der Waals surface area (Å²) in [5.41, 5.74) is 1.87. The van der Waals surface area contributed by atoms with Crippen LogP contribution in [0.5, 0.6) is 0 Å². The monoisotopic (exact) mass is 301 g/mol. The number of H-pyrrole nitrogens is 1. The third-order valence-corrected chi connectivity index (χ3v) is 2.86. The first kappa shape index (κ1) is 11.0. The van der Waals surface area contributed by atoms with E-state index in [4.69, 9.17) is 0 Å². The Morgan fingerprint density at radius 2 is 1.78 bits per heavy atom. The zero-order valence-corrected chi connectivity index (χ0v) is 10.8. The van der Waals surface area contributed by atoms with Crippen LogP contribution in [0.15, 0.2) is 47.5 Å². The van der Waals surface area contributed by atoms with E-state index in [1.807, 2.05) is 24.3 Å². The molecule has 88 valence electrons. The van der Waals surface area contributed by atoms with Crippen LogP contribution in [-0.4, -0.2) is 25.1 Å². The third kappa shape index (κ3) is 2.14. The predicted molar refractivity (Wildman–Crippen MR) is 70.5 cm³/mol. The van der Waals surface area contributed by atoms with Gasteiger partial charge in [-0.25, -0.2) is 9.97 Å². The van der Waals surface area contributed by atoms with Crippen LogP contribution in [0.1, 0.15) is 0 Å². The Bertz CT molecular complexity index is 665. The normalized spacial score (nSPS) is 10.5. The molecule has 0 saturated carbocycles. The zero-order valence-electron chi connectivity index (χ0n) is 9.21. The first-order valence-corrected chi connectivity index (χ1v) is 6.07. The number of aromatic nitrogens is 5. The van der Waals surface area contributed by atoms with Gasteiger partial charge in [-0.15, -0.1) is 0 Å². The standard InChI is InChI=1S/C12H8BrN5/c13-10-7-9(3-6-15-10)12-16-11(17-18-12)8-1-4-14-5-2-8/h1-7H,(H,16,17,18). The number of halogens is 1. The molecular formula is C12H8BrN5. The van der Waals surface area contributed by atoms with Crippen LogP contribution in [-0.2, 0) is 0 Å². The number of nitrogens with one attached hydrogen (secondary N) is 1. The maximum Gasteiger partial charge on any atom is 0.181 e. The van der Waals surface area contributed by atoms with Crippen LogP contribution < -0.4 is 0 Å². The van der Waals surface area contributed by atoms with Gasteiger partial charge in [0.2, 0.25) is 0 Å². The van der Waals surface area contributed by atoms with E-state index in [0.717, 1.165) is 21.6 Å². The molecule has 5 nitrogen and oxygen atoms in total. The molecule has 0 bridgehead atoms. The van der Waals surface area contributed by atoms with Gasteiger partial charge in [0.15, 0.2) is 11.6 Å². The van der Waals surface area contributed by atoms with Crippen LogP contribution >= 0.6 is 15.9 Å². The number of nitrogens with zero attached hydrogens (tertiary/aromatic N) is 4. The van der Waals surface area contributed by atoms with Gasteiger partial charge in [0.25, 0.3) is 0 Å². The van der Waals surface area contributed by atoms with Gasteiger partial charge in [-0.1, -0.05) is 0 Å². The second kappa shape index (κ2) is 4.66. The van der Waals surface area contributed by atoms with Gasteiger partial charge in [0.1, 0.15) is 4.60 Å². The van der Waals surface area contributed by atoms with E-state index in [1.165, 1.54) is 0 Å². The fourth-order valence-electron chi connectivity index (χ4n) is 1.57. The average Bonchev–Trinajstić information content (AvgIpc) is 2.89. The van der Waals surface area contributed by atoms with Crippen molar-refractivity contribution in [1.29, 1.82) is 0 Å². The highest BCUT2D eigenvalue weighted by molar-refractivity contribution is 9.10. The summed E-state index contributed by atoms with van der Waals surface area (Å²) in [5.74, 6) is 1.37. The van der Waals surface area contributed by atoms with Crippen molar-refractivity contribution in [2.75, 3.05) is 0 Å². The Kier molecular flexibility index (Phi) is 2.85. The molecule has 0 radical (unpaired) electrons. The van der Waals surface area contributed by atoms with Crippen LogP contribution in [0.4, 0.5) is 0 Å². The van der Waals surface area contributed by atoms with E-state index in [1.54, 1.807) is 18.6 Å². The molecule has 6 heteroatoms. The average molecular weight is 302 g/mol. The first-order valence-electron chi connectivity index (χ1n) is 5.27. The fraction of sp³-hybridized carbons (Fsp3) is 0. The van der Waals surface area contributed by atoms with E-state index in [2.05, 4.69) is 41.1 Å². The van der Waals surface area contributed by atoms with Gasteiger partial charge < -0.3 is 0 Å². The summed E-state index contributed by atoms with van der Waals surface area (Å²) in [5, 5.41) is 7.11. The maximum atomic E-state index is 4.45. The summed E-state index contributed by atoms with van der Waals surface area (Å²) in [6, 6.07) is 7.50. The molecule has 0 aliphatic rings. The van der Waals surface area contributed by atoms with Gasteiger partial charge in [-0.2, -0.15) is 5.10 Å². The molecule has 0 atom stereocenters. The van der Waals surface area contributed by atoms with Gasteiger partial charge in [0.05, 0.1) is 0 Å². The van der Waals surface area contributed by atoms with E-state index in [-0.39, 0.29) is 0 Å². The molecule has 1 N–H and O–H groups in total. The summed E-state index contributed by atoms with van der Waals surface area (Å²) >= 11 is 3.33. The van der Waals surface area contributed by atoms with Crippen molar-refractivity contribution in [1.82, 2.24) is 25.1 Å². The topological polar surface area (TPSA) is 67.3 Å². The van der Waals surface area contributed by atoms with Crippen molar-refractivity contribution in [3.8, 4) is 22.8 Å². The molecule has 0 aliphatic heterocycles. The second-order valence-electron chi connectivity index (χ2n) is 3.61. The molecule has 0 aliphatic carbocycles. The van der Waals surface area contributed by atoms with Crippen molar-refractivity contribution in [3.05, 3.63) is 47.5 Å². The minimum atomic E-state index is 0.643. The molecule has 0 unspecified atom stereocenters. The third-order valence-electron chi connectivity index (χ3n) is 2.42. The molecule has 0 aromatic carbocycles. The highest BCUT2D eigenvalue weighted by atomic mass is 79.9. The van der Waals surface area contributed by atoms with Gasteiger partial charge in [-0.05, 0) is 40.2 Å². The summed E-state index contributed by atoms with van der Waals surface area (Å²) in [7, 11) is 0. The number of aromatic amines is 1. The van der Waals surface area contributed by atoms with Crippen molar-refractivity contribution < 1.29 is 0 Å². The highest BCUT2D eigenvalue weighted by Crippen LogP contribution is 2.20. The molecule has 3 aromatic rings. The molecular weight excluding hydrogens is 294 g/mol. The number of hydrogen-bond acceptors (Lipinski definition) is 4. The SMILES string of the molecule is Brc1cc(-c2n[nH]c(-c3ccncc3)n2)ccn1. The largest absolute Gasteiger partial charge is 0.265 e. The van der Waals surface area contributed by atoms with Crippen LogP contribution in [0.25, 0.3) is 22.8 Å². The minimum Gasteiger partial charge on any atom is -0.265 e. The smallest absolute Gasteiger partial charge is 0.181 e. The van der Waals surface area contributed by atoms with Crippen molar-refractivity contribution >= 4 is 15.9 Å². The quantitative estimate of drug-likeness (QED) is 0.739. The van der Waals surface area contributed by atoms with Gasteiger partial charge in [0, 0.05) is 29.7 Å². The number of pyridine rings is 2. The van der Waals surface area contributed by atoms with Gasteiger partial charge in [-0.3, -0.25) is 10.1 Å². The lowest BCUT2D eigenvalue weighted by Crippen LogP contribution is -1.83. The summed E-state index contributed by atoms with van der Waals surface area (Å²) in [6.45, 7) is 0. The second-order valence-corrected chi connectivity index (χ2v) is 4.42. The lowest BCUT2D eigenvalue weighted by molar-refractivity contribution is 1.10. The van der Waals surface area contributed by atoms with Crippen LogP contribution in [0.3, 0.4) is 0 Å². The fourth-order valence-corrected chi connectivity index (χ4v) is 1.94. The Morgan fingerprint density at radius 3 is 2.56 bits per heavy atom. The molecule has 0 spiro atoms. The van der Waals surface area contributed by atoms with Crippen molar-refractivity contribution in [2.45, 2.75) is 0 Å². The Morgan fingerprint density at radius 1 is 1.00 bits per heavy atom. The van der Waals surface area contributed by atoms with E-state index in [9.17, 15) is 0 Å². The molecule has 18 heavy (non-hydrogen) atoms. The Balaban J connectivity index is 2.00. The molecule has 3 heterocycles. The molecule has 0 amide bonds. The molecule has 0 fully saturated rings. The number of hydrogen-bond donors (Lipinski definition) is 1. The zero-order chi connectivity index (χ0) is 12.4. The van der Waals surface area contributed by atoms with E-state index >= 15 is 0 Å². The van der Waals surface area contributed by atoms with Crippen LogP contribution in [0.2, 0.25) is 0 Å². The first-order chi connectivity index (χ1) is 8.83. The van der Waals surface area contributed by atoms with Crippen molar-refractivity contribution in [2.24, 2.45) is 0 Å². The Labute approximate surface area is 111 Å². The molecule has 3 aromatic heterocycles. The summed E-state index contributed by atoms with van der Waals surface area (Å²) < 4.78 is 0.760. The van der Waals surface area contributed by atoms with Gasteiger partial charge >= 0.3 is 0 Å². The Hall–Kier alpha value is -2.08. The molecule has 3 rings (SSSR count). The predicted octanol–water partition coefficient (Wildman–Crippen LogP) is 2.69. The van der Waals surface area contributed by atoms with Crippen molar-refractivity contribution in [3.63, 3.8) is 0 Å². The van der Waals surface area contributed by atoms with E-state index < -0.39 is 0 Å². The number of rotatable bonds is 2. The lowest BCUT2D eigenvalue weighted by Gasteiger charge is -1.95.